The van der Waals surface area contributed by atoms with Crippen molar-refractivity contribution < 1.29 is 38.2 Å². The number of carbonyl (C=O) groups is 3. The maximum absolute atomic E-state index is 12.7. The molecular weight excluding hydrogens is 642 g/mol. The second-order valence-corrected chi connectivity index (χ2v) is 14.6. The molecule has 8 heteroatoms. The number of rotatable bonds is 35. The number of quaternary nitrogens is 1. The van der Waals surface area contributed by atoms with Gasteiger partial charge in [0.1, 0.15) is 12.6 Å². The van der Waals surface area contributed by atoms with Crippen molar-refractivity contribution in [1.82, 2.24) is 0 Å². The van der Waals surface area contributed by atoms with Gasteiger partial charge in [0, 0.05) is 19.3 Å². The SMILES string of the molecule is CCCC/C=C/C=C/CCCCCC(=O)OCC(COCCC(C(=O)[O-])[N+](C)(C)C)OC(=O)CCCCC/C=C/C=C/CCCCCCCCC. The quantitative estimate of drug-likeness (QED) is 0.0279. The zero-order valence-electron chi connectivity index (χ0n) is 33.3. The zero-order chi connectivity index (χ0) is 37.8. The molecule has 51 heavy (non-hydrogen) atoms. The number of esters is 2. The van der Waals surface area contributed by atoms with Crippen molar-refractivity contribution in [3.63, 3.8) is 0 Å². The Bertz CT molecular complexity index is 979. The van der Waals surface area contributed by atoms with Crippen LogP contribution in [0.25, 0.3) is 0 Å². The molecule has 8 nitrogen and oxygen atoms in total. The van der Waals surface area contributed by atoms with Gasteiger partial charge in [0.15, 0.2) is 6.10 Å². The molecule has 0 N–H and O–H groups in total. The van der Waals surface area contributed by atoms with Crippen molar-refractivity contribution in [2.45, 2.75) is 167 Å². The Morgan fingerprint density at radius 1 is 0.588 bits per heavy atom. The van der Waals surface area contributed by atoms with Crippen LogP contribution < -0.4 is 5.11 Å². The predicted molar refractivity (Wildman–Crippen MR) is 208 cm³/mol. The molecule has 0 aliphatic heterocycles. The standard InChI is InChI=1S/C43H75NO7/c1-6-8-10-12-14-16-18-19-20-21-22-24-26-28-30-32-34-42(46)51-39(37-49-36-35-40(43(47)48)44(3,4)5)38-50-41(45)33-31-29-27-25-23-17-15-13-11-9-7-2/h13,15,17,20-24,39-40H,6-12,14,16,18-19,25-38H2,1-5H3/b15-13+,21-20+,23-17+,24-22+. The summed E-state index contributed by atoms with van der Waals surface area (Å²) in [5.74, 6) is -1.81. The number of unbranched alkanes of at least 4 members (excludes halogenated alkanes) is 15. The molecule has 0 aromatic rings. The molecule has 0 rings (SSSR count). The van der Waals surface area contributed by atoms with Gasteiger partial charge in [-0.25, -0.2) is 0 Å². The predicted octanol–water partition coefficient (Wildman–Crippen LogP) is 9.13. The molecule has 0 radical (unpaired) electrons. The van der Waals surface area contributed by atoms with Crippen molar-refractivity contribution in [3.05, 3.63) is 48.6 Å². The highest BCUT2D eigenvalue weighted by atomic mass is 16.6. The topological polar surface area (TPSA) is 102 Å². The molecular formula is C43H75NO7. The minimum absolute atomic E-state index is 0.0203. The molecule has 0 fully saturated rings. The van der Waals surface area contributed by atoms with Crippen LogP contribution in [0.1, 0.15) is 155 Å². The van der Waals surface area contributed by atoms with E-state index in [1.54, 1.807) is 21.1 Å². The Balaban J connectivity index is 4.49. The third-order valence-corrected chi connectivity index (χ3v) is 8.74. The molecule has 2 unspecified atom stereocenters. The molecule has 294 valence electrons. The second kappa shape index (κ2) is 34.4. The molecule has 0 saturated heterocycles. The summed E-state index contributed by atoms with van der Waals surface area (Å²) >= 11 is 0. The van der Waals surface area contributed by atoms with Gasteiger partial charge < -0.3 is 28.6 Å². The van der Waals surface area contributed by atoms with Gasteiger partial charge in [-0.15, -0.1) is 0 Å². The molecule has 0 aliphatic rings. The lowest BCUT2D eigenvalue weighted by Crippen LogP contribution is -2.55. The Hall–Kier alpha value is -2.71. The van der Waals surface area contributed by atoms with Crippen molar-refractivity contribution in [3.8, 4) is 0 Å². The van der Waals surface area contributed by atoms with Gasteiger partial charge in [0.05, 0.1) is 40.3 Å². The van der Waals surface area contributed by atoms with Crippen LogP contribution in [0.4, 0.5) is 0 Å². The van der Waals surface area contributed by atoms with Crippen molar-refractivity contribution >= 4 is 17.9 Å². The van der Waals surface area contributed by atoms with Crippen molar-refractivity contribution in [1.29, 1.82) is 0 Å². The van der Waals surface area contributed by atoms with Crippen LogP contribution in [0.15, 0.2) is 48.6 Å². The average molecular weight is 718 g/mol. The Morgan fingerprint density at radius 3 is 1.53 bits per heavy atom. The maximum Gasteiger partial charge on any atom is 0.306 e. The van der Waals surface area contributed by atoms with Crippen molar-refractivity contribution in [2.75, 3.05) is 41.0 Å². The fourth-order valence-electron chi connectivity index (χ4n) is 5.51. The van der Waals surface area contributed by atoms with Crippen LogP contribution >= 0.6 is 0 Å². The van der Waals surface area contributed by atoms with Gasteiger partial charge in [0.2, 0.25) is 0 Å². The van der Waals surface area contributed by atoms with Crippen LogP contribution in [0.3, 0.4) is 0 Å². The van der Waals surface area contributed by atoms with E-state index in [1.165, 1.54) is 57.8 Å². The Morgan fingerprint density at radius 2 is 1.04 bits per heavy atom. The van der Waals surface area contributed by atoms with Gasteiger partial charge in [0.25, 0.3) is 0 Å². The van der Waals surface area contributed by atoms with Crippen LogP contribution in [-0.2, 0) is 28.6 Å². The number of nitrogens with zero attached hydrogens (tertiary/aromatic N) is 1. The molecule has 0 amide bonds. The lowest BCUT2D eigenvalue weighted by atomic mass is 10.1. The van der Waals surface area contributed by atoms with Crippen LogP contribution in [0.2, 0.25) is 0 Å². The van der Waals surface area contributed by atoms with Crippen LogP contribution in [0, 0.1) is 0 Å². The number of carboxylic acids is 1. The normalized spacial score (nSPS) is 13.5. The highest BCUT2D eigenvalue weighted by Crippen LogP contribution is 2.12. The maximum atomic E-state index is 12.7. The number of hydrogen-bond acceptors (Lipinski definition) is 7. The molecule has 0 bridgehead atoms. The molecule has 0 spiro atoms. The highest BCUT2D eigenvalue weighted by molar-refractivity contribution is 5.70. The van der Waals surface area contributed by atoms with Crippen LogP contribution in [0.5, 0.6) is 0 Å². The summed E-state index contributed by atoms with van der Waals surface area (Å²) in [4.78, 5) is 36.7. The highest BCUT2D eigenvalue weighted by Gasteiger charge is 2.25. The van der Waals surface area contributed by atoms with Crippen molar-refractivity contribution in [2.24, 2.45) is 0 Å². The lowest BCUT2D eigenvalue weighted by molar-refractivity contribution is -0.889. The third-order valence-electron chi connectivity index (χ3n) is 8.74. The summed E-state index contributed by atoms with van der Waals surface area (Å²) in [6.45, 7) is 4.52. The number of likely N-dealkylation sites (N-methyl/N-ethyl adjacent to an activating group) is 1. The van der Waals surface area contributed by atoms with Gasteiger partial charge >= 0.3 is 11.9 Å². The summed E-state index contributed by atoms with van der Waals surface area (Å²) in [7, 11) is 5.38. The number of ether oxygens (including phenoxy) is 3. The summed E-state index contributed by atoms with van der Waals surface area (Å²) in [6.07, 6.45) is 38.5. The minimum atomic E-state index is -1.14. The Labute approximate surface area is 312 Å². The summed E-state index contributed by atoms with van der Waals surface area (Å²) in [5.41, 5.74) is 0. The molecule has 0 aromatic carbocycles. The molecule has 0 heterocycles. The molecule has 0 aromatic heterocycles. The van der Waals surface area contributed by atoms with E-state index in [0.717, 1.165) is 64.2 Å². The smallest absolute Gasteiger partial charge is 0.306 e. The first-order valence-corrected chi connectivity index (χ1v) is 20.2. The lowest BCUT2D eigenvalue weighted by Gasteiger charge is -2.34. The van der Waals surface area contributed by atoms with E-state index in [4.69, 9.17) is 14.2 Å². The van der Waals surface area contributed by atoms with E-state index in [0.29, 0.717) is 6.42 Å². The van der Waals surface area contributed by atoms with Gasteiger partial charge in [-0.3, -0.25) is 9.59 Å². The number of aliphatic carboxylic acids is 1. The summed E-state index contributed by atoms with van der Waals surface area (Å²) in [5, 5.41) is 11.6. The van der Waals surface area contributed by atoms with E-state index >= 15 is 0 Å². The van der Waals surface area contributed by atoms with E-state index in [1.807, 2.05) is 0 Å². The average Bonchev–Trinajstić information content (AvgIpc) is 3.08. The Kier molecular flexibility index (Phi) is 32.6. The monoisotopic (exact) mass is 718 g/mol. The van der Waals surface area contributed by atoms with E-state index in [2.05, 4.69) is 62.5 Å². The van der Waals surface area contributed by atoms with E-state index < -0.39 is 18.1 Å². The van der Waals surface area contributed by atoms with Crippen LogP contribution in [-0.4, -0.2) is 75.5 Å². The largest absolute Gasteiger partial charge is 0.544 e. The first kappa shape index (κ1) is 48.3. The second-order valence-electron chi connectivity index (χ2n) is 14.6. The number of carbonyl (C=O) groups excluding carboxylic acids is 3. The summed E-state index contributed by atoms with van der Waals surface area (Å²) < 4.78 is 17.0. The van der Waals surface area contributed by atoms with Gasteiger partial charge in [-0.05, 0) is 57.8 Å². The third kappa shape index (κ3) is 32.9. The first-order chi connectivity index (χ1) is 24.6. The molecule has 2 atom stereocenters. The number of carboxylic acid groups (broad SMARTS) is 1. The van der Waals surface area contributed by atoms with E-state index in [9.17, 15) is 19.5 Å². The number of allylic oxidation sites excluding steroid dienone is 8. The van der Waals surface area contributed by atoms with Gasteiger partial charge in [-0.1, -0.05) is 127 Å². The fraction of sp³-hybridized carbons (Fsp3) is 0.744. The van der Waals surface area contributed by atoms with E-state index in [-0.39, 0.29) is 49.1 Å². The summed E-state index contributed by atoms with van der Waals surface area (Å²) in [6, 6.07) is -0.734. The molecule has 0 saturated carbocycles. The van der Waals surface area contributed by atoms with Gasteiger partial charge in [-0.2, -0.15) is 0 Å². The fourth-order valence-corrected chi connectivity index (χ4v) is 5.51. The number of hydrogen-bond donors (Lipinski definition) is 0. The zero-order valence-corrected chi connectivity index (χ0v) is 33.3. The molecule has 0 aliphatic carbocycles. The minimum Gasteiger partial charge on any atom is -0.544 e. The first-order valence-electron chi connectivity index (χ1n) is 20.2.